The zero-order chi connectivity index (χ0) is 21.1. The molecule has 2 rings (SSSR count). The van der Waals surface area contributed by atoms with Crippen LogP contribution in [0.5, 0.6) is 0 Å². The first-order chi connectivity index (χ1) is 13.0. The molecule has 1 aromatic carbocycles. The highest BCUT2D eigenvalue weighted by molar-refractivity contribution is 5.69. The quantitative estimate of drug-likeness (QED) is 0.843. The molecule has 3 atom stereocenters. The SMILES string of the molecule is C[C@H]1OC[C@@](NC(=O)OC(C)(C)C)(c2cccc(F)c2F)[C@@H]1CC(C#N)C#N. The highest BCUT2D eigenvalue weighted by Crippen LogP contribution is 2.44. The van der Waals surface area contributed by atoms with Crippen molar-refractivity contribution < 1.29 is 23.0 Å². The Bertz CT molecular complexity index is 811. The van der Waals surface area contributed by atoms with Gasteiger partial charge in [0.25, 0.3) is 0 Å². The molecule has 1 aromatic rings. The lowest BCUT2D eigenvalue weighted by atomic mass is 9.74. The average molecular weight is 391 g/mol. The lowest BCUT2D eigenvalue weighted by molar-refractivity contribution is 0.0407. The smallest absolute Gasteiger partial charge is 0.408 e. The maximum Gasteiger partial charge on any atom is 0.408 e. The van der Waals surface area contributed by atoms with Gasteiger partial charge >= 0.3 is 6.09 Å². The molecule has 0 spiro atoms. The molecular weight excluding hydrogens is 368 g/mol. The van der Waals surface area contributed by atoms with Gasteiger partial charge < -0.3 is 14.8 Å². The number of ether oxygens (including phenoxy) is 2. The third-order valence-corrected chi connectivity index (χ3v) is 4.73. The van der Waals surface area contributed by atoms with Crippen molar-refractivity contribution >= 4 is 6.09 Å². The Labute approximate surface area is 163 Å². The zero-order valence-corrected chi connectivity index (χ0v) is 16.3. The molecular formula is C20H23F2N3O3. The number of carbonyl (C=O) groups is 1. The van der Waals surface area contributed by atoms with Gasteiger partial charge in [-0.2, -0.15) is 10.5 Å². The molecule has 0 saturated carbocycles. The van der Waals surface area contributed by atoms with Gasteiger partial charge in [-0.25, -0.2) is 13.6 Å². The predicted molar refractivity (Wildman–Crippen MR) is 95.6 cm³/mol. The first-order valence-corrected chi connectivity index (χ1v) is 8.90. The van der Waals surface area contributed by atoms with E-state index >= 15 is 0 Å². The van der Waals surface area contributed by atoms with Gasteiger partial charge in [-0.05, 0) is 40.2 Å². The Hall–Kier alpha value is -2.71. The molecule has 1 N–H and O–H groups in total. The minimum Gasteiger partial charge on any atom is -0.444 e. The summed E-state index contributed by atoms with van der Waals surface area (Å²) >= 11 is 0. The molecule has 0 aliphatic carbocycles. The Morgan fingerprint density at radius 3 is 2.61 bits per heavy atom. The number of alkyl carbamates (subject to hydrolysis) is 1. The van der Waals surface area contributed by atoms with E-state index in [0.29, 0.717) is 0 Å². The standard InChI is InChI=1S/C20H23F2N3O3/c1-12-15(8-13(9-23)10-24)20(11-27-12,25-18(26)28-19(2,3)4)14-6-5-7-16(21)17(14)22/h5-7,12-13,15H,8,11H2,1-4H3,(H,25,26)/t12-,15-,20-/m1/s1. The van der Waals surface area contributed by atoms with Gasteiger partial charge in [-0.1, -0.05) is 12.1 Å². The van der Waals surface area contributed by atoms with Crippen LogP contribution in [0.15, 0.2) is 18.2 Å². The summed E-state index contributed by atoms with van der Waals surface area (Å²) in [4.78, 5) is 12.5. The van der Waals surface area contributed by atoms with Gasteiger partial charge in [0.2, 0.25) is 0 Å². The van der Waals surface area contributed by atoms with Crippen LogP contribution in [0.2, 0.25) is 0 Å². The van der Waals surface area contributed by atoms with Gasteiger partial charge in [0.15, 0.2) is 11.6 Å². The molecule has 1 amide bonds. The summed E-state index contributed by atoms with van der Waals surface area (Å²) in [6.07, 6.45) is -1.33. The van der Waals surface area contributed by atoms with E-state index in [4.69, 9.17) is 9.47 Å². The van der Waals surface area contributed by atoms with Crippen LogP contribution in [0.25, 0.3) is 0 Å². The second kappa shape index (κ2) is 8.12. The first-order valence-electron chi connectivity index (χ1n) is 8.90. The molecule has 150 valence electrons. The van der Waals surface area contributed by atoms with E-state index in [2.05, 4.69) is 5.32 Å². The summed E-state index contributed by atoms with van der Waals surface area (Å²) in [5.41, 5.74) is -2.41. The lowest BCUT2D eigenvalue weighted by Crippen LogP contribution is -2.54. The number of hydrogen-bond donors (Lipinski definition) is 1. The van der Waals surface area contributed by atoms with Gasteiger partial charge in [0.1, 0.15) is 17.1 Å². The number of amides is 1. The molecule has 0 radical (unpaired) electrons. The predicted octanol–water partition coefficient (Wildman–Crippen LogP) is 3.77. The van der Waals surface area contributed by atoms with E-state index in [0.717, 1.165) is 6.07 Å². The third kappa shape index (κ3) is 4.40. The molecule has 8 heteroatoms. The van der Waals surface area contributed by atoms with Gasteiger partial charge in [0.05, 0.1) is 24.8 Å². The van der Waals surface area contributed by atoms with Crippen LogP contribution in [-0.2, 0) is 15.0 Å². The van der Waals surface area contributed by atoms with E-state index in [1.165, 1.54) is 12.1 Å². The highest BCUT2D eigenvalue weighted by Gasteiger charge is 2.53. The van der Waals surface area contributed by atoms with Crippen molar-refractivity contribution in [3.8, 4) is 12.1 Å². The fourth-order valence-corrected chi connectivity index (χ4v) is 3.48. The minimum atomic E-state index is -1.49. The minimum absolute atomic E-state index is 0.0138. The molecule has 1 heterocycles. The largest absolute Gasteiger partial charge is 0.444 e. The number of rotatable bonds is 4. The molecule has 6 nitrogen and oxygen atoms in total. The zero-order valence-electron chi connectivity index (χ0n) is 16.3. The fourth-order valence-electron chi connectivity index (χ4n) is 3.48. The van der Waals surface area contributed by atoms with E-state index in [1.807, 2.05) is 12.1 Å². The summed E-state index contributed by atoms with van der Waals surface area (Å²) in [7, 11) is 0. The third-order valence-electron chi connectivity index (χ3n) is 4.73. The Morgan fingerprint density at radius 1 is 1.39 bits per heavy atom. The molecule has 0 unspecified atom stereocenters. The number of nitriles is 2. The molecule has 0 bridgehead atoms. The fraction of sp³-hybridized carbons (Fsp3) is 0.550. The normalized spacial score (nSPS) is 24.5. The maximum atomic E-state index is 14.7. The van der Waals surface area contributed by atoms with Crippen LogP contribution in [0, 0.1) is 46.1 Å². The molecule has 0 aromatic heterocycles. The van der Waals surface area contributed by atoms with Crippen molar-refractivity contribution in [1.29, 1.82) is 10.5 Å². The topological polar surface area (TPSA) is 95.1 Å². The van der Waals surface area contributed by atoms with Gasteiger partial charge in [-0.3, -0.25) is 0 Å². The molecule has 1 fully saturated rings. The Kier molecular flexibility index (Phi) is 6.26. The van der Waals surface area contributed by atoms with E-state index in [1.54, 1.807) is 27.7 Å². The van der Waals surface area contributed by atoms with Crippen LogP contribution in [0.1, 0.15) is 39.7 Å². The first kappa shape index (κ1) is 21.6. The molecule has 1 aliphatic rings. The van der Waals surface area contributed by atoms with Crippen molar-refractivity contribution in [3.63, 3.8) is 0 Å². The maximum absolute atomic E-state index is 14.7. The lowest BCUT2D eigenvalue weighted by Gasteiger charge is -2.37. The van der Waals surface area contributed by atoms with Crippen molar-refractivity contribution in [3.05, 3.63) is 35.4 Å². The number of nitrogens with zero attached hydrogens (tertiary/aromatic N) is 2. The summed E-state index contributed by atoms with van der Waals surface area (Å²) < 4.78 is 39.7. The Balaban J connectivity index is 2.55. The molecule has 1 aliphatic heterocycles. The van der Waals surface area contributed by atoms with Crippen LogP contribution in [0.3, 0.4) is 0 Å². The monoisotopic (exact) mass is 391 g/mol. The summed E-state index contributed by atoms with van der Waals surface area (Å²) in [5.74, 6) is -3.84. The summed E-state index contributed by atoms with van der Waals surface area (Å²) in [6.45, 7) is 6.58. The van der Waals surface area contributed by atoms with Crippen molar-refractivity contribution in [2.24, 2.45) is 11.8 Å². The summed E-state index contributed by atoms with van der Waals surface area (Å²) in [5, 5.41) is 21.0. The number of nitrogens with one attached hydrogen (secondary N) is 1. The number of carbonyl (C=O) groups excluding carboxylic acids is 1. The number of hydrogen-bond acceptors (Lipinski definition) is 5. The molecule has 1 saturated heterocycles. The van der Waals surface area contributed by atoms with Crippen LogP contribution in [-0.4, -0.2) is 24.4 Å². The summed E-state index contributed by atoms with van der Waals surface area (Å²) in [6, 6.07) is 7.42. The molecule has 28 heavy (non-hydrogen) atoms. The van der Waals surface area contributed by atoms with Crippen LogP contribution < -0.4 is 5.32 Å². The average Bonchev–Trinajstić information content (AvgIpc) is 2.90. The van der Waals surface area contributed by atoms with Gasteiger partial charge in [0, 0.05) is 11.5 Å². The van der Waals surface area contributed by atoms with Crippen molar-refractivity contribution in [2.45, 2.75) is 51.4 Å². The number of benzene rings is 1. The van der Waals surface area contributed by atoms with Gasteiger partial charge in [-0.15, -0.1) is 0 Å². The van der Waals surface area contributed by atoms with Crippen molar-refractivity contribution in [1.82, 2.24) is 5.32 Å². The Morgan fingerprint density at radius 2 is 2.04 bits per heavy atom. The second-order valence-electron chi connectivity index (χ2n) is 7.87. The van der Waals surface area contributed by atoms with E-state index < -0.39 is 46.8 Å². The number of halogens is 2. The van der Waals surface area contributed by atoms with Crippen molar-refractivity contribution in [2.75, 3.05) is 6.61 Å². The van der Waals surface area contributed by atoms with Crippen LogP contribution in [0.4, 0.5) is 13.6 Å². The van der Waals surface area contributed by atoms with Crippen LogP contribution >= 0.6 is 0 Å². The van der Waals surface area contributed by atoms with E-state index in [9.17, 15) is 24.1 Å². The van der Waals surface area contributed by atoms with E-state index in [-0.39, 0.29) is 18.6 Å². The second-order valence-corrected chi connectivity index (χ2v) is 7.87. The highest BCUT2D eigenvalue weighted by atomic mass is 19.2.